The third kappa shape index (κ3) is 1.40. The van der Waals surface area contributed by atoms with Crippen LogP contribution in [0.15, 0.2) is 24.5 Å². The van der Waals surface area contributed by atoms with Crippen LogP contribution in [-0.4, -0.2) is 21.5 Å². The Hall–Kier alpha value is -1.68. The highest BCUT2D eigenvalue weighted by Crippen LogP contribution is 2.23. The number of halogens is 1. The molecule has 0 saturated carbocycles. The van der Waals surface area contributed by atoms with Crippen LogP contribution in [-0.2, 0) is 0 Å². The lowest BCUT2D eigenvalue weighted by molar-refractivity contribution is 0.112. The molecule has 2 rings (SSSR count). The summed E-state index contributed by atoms with van der Waals surface area (Å²) in [4.78, 5) is 14.7. The van der Waals surface area contributed by atoms with Crippen molar-refractivity contribution in [3.05, 3.63) is 35.2 Å². The van der Waals surface area contributed by atoms with Gasteiger partial charge in [-0.25, -0.2) is 0 Å². The Morgan fingerprint density at radius 2 is 2.36 bits per heavy atom. The van der Waals surface area contributed by atoms with Crippen LogP contribution in [0, 0.1) is 0 Å². The minimum absolute atomic E-state index is 0.249. The van der Waals surface area contributed by atoms with Gasteiger partial charge in [-0.1, -0.05) is 11.6 Å². The third-order valence-electron chi connectivity index (χ3n) is 1.81. The van der Waals surface area contributed by atoms with E-state index in [4.69, 9.17) is 11.6 Å². The van der Waals surface area contributed by atoms with Crippen LogP contribution in [0.2, 0.25) is 5.15 Å². The highest BCUT2D eigenvalue weighted by atomic mass is 35.5. The molecule has 1 N–H and O–H groups in total. The topological polar surface area (TPSA) is 58.6 Å². The molecule has 0 fully saturated rings. The molecule has 0 atom stereocenters. The zero-order chi connectivity index (χ0) is 9.97. The van der Waals surface area contributed by atoms with Gasteiger partial charge in [0.2, 0.25) is 0 Å². The SMILES string of the molecule is O=Cc1c(-c2cccnc2)n[nH]c1Cl. The number of H-pyrrole nitrogens is 1. The molecule has 0 spiro atoms. The molecule has 70 valence electrons. The molecule has 14 heavy (non-hydrogen) atoms. The lowest BCUT2D eigenvalue weighted by Gasteiger charge is -1.94. The first-order valence-corrected chi connectivity index (χ1v) is 4.30. The summed E-state index contributed by atoms with van der Waals surface area (Å²) in [5.74, 6) is 0. The number of pyridine rings is 1. The Kier molecular flexibility index (Phi) is 2.28. The number of aromatic nitrogens is 3. The summed E-state index contributed by atoms with van der Waals surface area (Å²) in [5.41, 5.74) is 1.65. The Labute approximate surface area is 84.9 Å². The van der Waals surface area contributed by atoms with E-state index in [9.17, 15) is 4.79 Å². The largest absolute Gasteiger partial charge is 0.298 e. The van der Waals surface area contributed by atoms with E-state index < -0.39 is 0 Å². The summed E-state index contributed by atoms with van der Waals surface area (Å²) in [6.07, 6.45) is 3.95. The minimum Gasteiger partial charge on any atom is -0.298 e. The Morgan fingerprint density at radius 1 is 1.50 bits per heavy atom. The number of rotatable bonds is 2. The quantitative estimate of drug-likeness (QED) is 0.766. The normalized spacial score (nSPS) is 10.1. The van der Waals surface area contributed by atoms with Crippen molar-refractivity contribution < 1.29 is 4.79 Å². The molecule has 2 aromatic rings. The molecule has 5 heteroatoms. The van der Waals surface area contributed by atoms with E-state index in [0.29, 0.717) is 17.5 Å². The van der Waals surface area contributed by atoms with Gasteiger partial charge in [0.15, 0.2) is 6.29 Å². The first-order chi connectivity index (χ1) is 6.83. The van der Waals surface area contributed by atoms with Crippen molar-refractivity contribution in [1.82, 2.24) is 15.2 Å². The van der Waals surface area contributed by atoms with Crippen molar-refractivity contribution in [2.45, 2.75) is 0 Å². The second-order valence-corrected chi connectivity index (χ2v) is 3.04. The van der Waals surface area contributed by atoms with Gasteiger partial charge in [-0.05, 0) is 12.1 Å². The van der Waals surface area contributed by atoms with Crippen LogP contribution < -0.4 is 0 Å². The van der Waals surface area contributed by atoms with Crippen LogP contribution in [0.3, 0.4) is 0 Å². The van der Waals surface area contributed by atoms with Crippen LogP contribution >= 0.6 is 11.6 Å². The summed E-state index contributed by atoms with van der Waals surface area (Å²) in [6, 6.07) is 3.58. The lowest BCUT2D eigenvalue weighted by Crippen LogP contribution is -1.85. The van der Waals surface area contributed by atoms with Gasteiger partial charge in [0, 0.05) is 18.0 Å². The predicted molar refractivity (Wildman–Crippen MR) is 52.2 cm³/mol. The molecule has 0 saturated heterocycles. The molecular weight excluding hydrogens is 202 g/mol. The van der Waals surface area contributed by atoms with Crippen LogP contribution in [0.25, 0.3) is 11.3 Å². The fourth-order valence-corrected chi connectivity index (χ4v) is 1.34. The molecule has 0 radical (unpaired) electrons. The molecule has 2 heterocycles. The number of hydrogen-bond acceptors (Lipinski definition) is 3. The third-order valence-corrected chi connectivity index (χ3v) is 2.10. The van der Waals surface area contributed by atoms with Crippen LogP contribution in [0.1, 0.15) is 10.4 Å². The second-order valence-electron chi connectivity index (χ2n) is 2.66. The van der Waals surface area contributed by atoms with Gasteiger partial charge in [-0.15, -0.1) is 0 Å². The summed E-state index contributed by atoms with van der Waals surface area (Å²) in [7, 11) is 0. The average molecular weight is 208 g/mol. The molecule has 0 aliphatic carbocycles. The fourth-order valence-electron chi connectivity index (χ4n) is 1.16. The van der Waals surface area contributed by atoms with Crippen molar-refractivity contribution in [3.8, 4) is 11.3 Å². The first-order valence-electron chi connectivity index (χ1n) is 3.92. The maximum atomic E-state index is 10.7. The number of aromatic amines is 1. The molecule has 0 aromatic carbocycles. The molecular formula is C9H6ClN3O. The standard InChI is InChI=1S/C9H6ClN3O/c10-9-7(5-14)8(12-13-9)6-2-1-3-11-4-6/h1-5H,(H,12,13). The van der Waals surface area contributed by atoms with E-state index in [1.54, 1.807) is 18.5 Å². The zero-order valence-corrected chi connectivity index (χ0v) is 7.82. The maximum Gasteiger partial charge on any atom is 0.155 e. The van der Waals surface area contributed by atoms with E-state index in [2.05, 4.69) is 15.2 Å². The molecule has 0 bridgehead atoms. The fraction of sp³-hybridized carbons (Fsp3) is 0. The maximum absolute atomic E-state index is 10.7. The van der Waals surface area contributed by atoms with E-state index in [0.717, 1.165) is 5.56 Å². The monoisotopic (exact) mass is 207 g/mol. The number of carbonyl (C=O) groups excluding carboxylic acids is 1. The smallest absolute Gasteiger partial charge is 0.155 e. The number of hydrogen-bond donors (Lipinski definition) is 1. The van der Waals surface area contributed by atoms with Crippen molar-refractivity contribution in [2.75, 3.05) is 0 Å². The van der Waals surface area contributed by atoms with E-state index in [-0.39, 0.29) is 5.15 Å². The van der Waals surface area contributed by atoms with Crippen molar-refractivity contribution in [2.24, 2.45) is 0 Å². The molecule has 0 aliphatic heterocycles. The summed E-state index contributed by atoms with van der Waals surface area (Å²) in [6.45, 7) is 0. The van der Waals surface area contributed by atoms with Crippen molar-refractivity contribution in [1.29, 1.82) is 0 Å². The lowest BCUT2D eigenvalue weighted by atomic mass is 10.1. The van der Waals surface area contributed by atoms with Gasteiger partial charge in [0.1, 0.15) is 10.8 Å². The van der Waals surface area contributed by atoms with E-state index >= 15 is 0 Å². The number of aldehydes is 1. The predicted octanol–water partition coefficient (Wildman–Crippen LogP) is 1.94. The van der Waals surface area contributed by atoms with Crippen molar-refractivity contribution >= 4 is 17.9 Å². The highest BCUT2D eigenvalue weighted by Gasteiger charge is 2.12. The minimum atomic E-state index is 0.249. The summed E-state index contributed by atoms with van der Waals surface area (Å²) < 4.78 is 0. The second kappa shape index (κ2) is 3.59. The van der Waals surface area contributed by atoms with Gasteiger partial charge in [-0.2, -0.15) is 5.10 Å². The Bertz CT molecular complexity index is 452. The first kappa shape index (κ1) is 8.90. The van der Waals surface area contributed by atoms with Gasteiger partial charge < -0.3 is 0 Å². The Morgan fingerprint density at radius 3 is 3.00 bits per heavy atom. The summed E-state index contributed by atoms with van der Waals surface area (Å²) >= 11 is 5.73. The zero-order valence-electron chi connectivity index (χ0n) is 7.07. The Balaban J connectivity index is 2.57. The molecule has 4 nitrogen and oxygen atoms in total. The number of nitrogens with zero attached hydrogens (tertiary/aromatic N) is 2. The average Bonchev–Trinajstić information content (AvgIpc) is 2.61. The van der Waals surface area contributed by atoms with Crippen molar-refractivity contribution in [3.63, 3.8) is 0 Å². The van der Waals surface area contributed by atoms with Crippen LogP contribution in [0.5, 0.6) is 0 Å². The van der Waals surface area contributed by atoms with Gasteiger partial charge >= 0.3 is 0 Å². The van der Waals surface area contributed by atoms with Gasteiger partial charge in [0.05, 0.1) is 5.56 Å². The molecule has 0 amide bonds. The highest BCUT2D eigenvalue weighted by molar-refractivity contribution is 6.32. The molecule has 0 aliphatic rings. The van der Waals surface area contributed by atoms with Crippen LogP contribution in [0.4, 0.5) is 0 Å². The molecule has 0 unspecified atom stereocenters. The number of nitrogens with one attached hydrogen (secondary N) is 1. The number of carbonyl (C=O) groups is 1. The summed E-state index contributed by atoms with van der Waals surface area (Å²) in [5, 5.41) is 6.72. The molecule has 2 aromatic heterocycles. The van der Waals surface area contributed by atoms with E-state index in [1.807, 2.05) is 6.07 Å². The van der Waals surface area contributed by atoms with Gasteiger partial charge in [0.25, 0.3) is 0 Å². The van der Waals surface area contributed by atoms with Gasteiger partial charge in [-0.3, -0.25) is 14.9 Å². The van der Waals surface area contributed by atoms with E-state index in [1.165, 1.54) is 0 Å².